The van der Waals surface area contributed by atoms with Crippen molar-refractivity contribution in [2.45, 2.75) is 52.7 Å². The predicted molar refractivity (Wildman–Crippen MR) is 119 cm³/mol. The van der Waals surface area contributed by atoms with Gasteiger partial charge in [0.1, 0.15) is 12.1 Å². The molecule has 1 aliphatic heterocycles. The molecule has 7 nitrogen and oxygen atoms in total. The molecule has 164 valence electrons. The van der Waals surface area contributed by atoms with E-state index < -0.39 is 35.3 Å². The first-order chi connectivity index (χ1) is 14.5. The maximum Gasteiger partial charge on any atom is 0.261 e. The van der Waals surface area contributed by atoms with Crippen molar-refractivity contribution < 1.29 is 19.5 Å². The Morgan fingerprint density at radius 1 is 1.00 bits per heavy atom. The van der Waals surface area contributed by atoms with Crippen LogP contribution >= 0.6 is 0 Å². The normalized spacial score (nSPS) is 17.7. The smallest absolute Gasteiger partial charge is 0.261 e. The molecule has 3 atom stereocenters. The summed E-state index contributed by atoms with van der Waals surface area (Å²) in [4.78, 5) is 38.4. The zero-order chi connectivity index (χ0) is 22.9. The van der Waals surface area contributed by atoms with Crippen molar-refractivity contribution in [3.8, 4) is 11.1 Å². The second kappa shape index (κ2) is 8.51. The average Bonchev–Trinajstić information content (AvgIpc) is 2.82. The highest BCUT2D eigenvalue weighted by molar-refractivity contribution is 6.06. The van der Waals surface area contributed by atoms with E-state index in [4.69, 9.17) is 0 Å². The fraction of sp³-hybridized carbons (Fsp3) is 0.375. The third-order valence-corrected chi connectivity index (χ3v) is 5.50. The summed E-state index contributed by atoms with van der Waals surface area (Å²) in [5.74, 6) is -1.95. The van der Waals surface area contributed by atoms with Gasteiger partial charge in [-0.1, -0.05) is 63.2 Å². The summed E-state index contributed by atoms with van der Waals surface area (Å²) in [7, 11) is 0. The molecule has 31 heavy (non-hydrogen) atoms. The molecule has 1 heterocycles. The number of fused-ring (bicyclic) bond motifs is 3. The minimum absolute atomic E-state index is 0.279. The van der Waals surface area contributed by atoms with Gasteiger partial charge in [-0.15, -0.1) is 0 Å². The second-order valence-corrected chi connectivity index (χ2v) is 8.97. The highest BCUT2D eigenvalue weighted by atomic mass is 16.3. The Bertz CT molecular complexity index is 1010. The quantitative estimate of drug-likeness (QED) is 0.704. The number of hydrogen-bond acceptors (Lipinski definition) is 4. The Labute approximate surface area is 182 Å². The number of aliphatic hydroxyl groups excluding tert-OH is 1. The van der Waals surface area contributed by atoms with Gasteiger partial charge in [0.25, 0.3) is 11.8 Å². The van der Waals surface area contributed by atoms with E-state index in [0.717, 1.165) is 16.7 Å². The molecule has 3 amide bonds. The van der Waals surface area contributed by atoms with Gasteiger partial charge in [-0.3, -0.25) is 19.8 Å². The number of hydrazine groups is 1. The number of benzene rings is 2. The lowest BCUT2D eigenvalue weighted by atomic mass is 9.88. The Morgan fingerprint density at radius 3 is 2.23 bits per heavy atom. The SMILES string of the molecule is CC1C(=O)N(NC(=O)[C@H](C)NC(=O)[C@@H](O)C(C)(C)C)c2ccccc2-c2ccccc21. The molecule has 3 N–H and O–H groups in total. The number of para-hydroxylation sites is 1. The average molecular weight is 424 g/mol. The van der Waals surface area contributed by atoms with Crippen LogP contribution in [0.15, 0.2) is 48.5 Å². The number of anilines is 1. The standard InChI is InChI=1S/C24H29N3O4/c1-14-16-10-6-7-11-17(16)18-12-8-9-13-19(18)27(23(14)31)26-21(29)15(2)25-22(30)20(28)24(3,4)5/h6-15,20,28H,1-5H3,(H,25,30)(H,26,29)/t14?,15-,20+/m0/s1. The van der Waals surface area contributed by atoms with Gasteiger partial charge in [-0.2, -0.15) is 0 Å². The van der Waals surface area contributed by atoms with Gasteiger partial charge in [-0.25, -0.2) is 5.01 Å². The van der Waals surface area contributed by atoms with E-state index in [1.165, 1.54) is 11.9 Å². The van der Waals surface area contributed by atoms with Crippen LogP contribution < -0.4 is 15.8 Å². The van der Waals surface area contributed by atoms with Crippen molar-refractivity contribution in [2.75, 3.05) is 5.01 Å². The van der Waals surface area contributed by atoms with Crippen LogP contribution in [0.4, 0.5) is 5.69 Å². The highest BCUT2D eigenvalue weighted by Gasteiger charge is 2.34. The summed E-state index contributed by atoms with van der Waals surface area (Å²) in [6.45, 7) is 8.50. The van der Waals surface area contributed by atoms with Crippen molar-refractivity contribution in [1.29, 1.82) is 0 Å². The van der Waals surface area contributed by atoms with Crippen LogP contribution in [-0.2, 0) is 14.4 Å². The summed E-state index contributed by atoms with van der Waals surface area (Å²) in [5, 5.41) is 13.9. The molecule has 2 aromatic rings. The number of carbonyl (C=O) groups is 3. The Balaban J connectivity index is 1.87. The molecule has 0 radical (unpaired) electrons. The largest absolute Gasteiger partial charge is 0.383 e. The Morgan fingerprint density at radius 2 is 1.58 bits per heavy atom. The van der Waals surface area contributed by atoms with E-state index in [-0.39, 0.29) is 5.91 Å². The lowest BCUT2D eigenvalue weighted by Crippen LogP contribution is -2.56. The van der Waals surface area contributed by atoms with Crippen LogP contribution in [-0.4, -0.2) is 35.0 Å². The number of nitrogens with one attached hydrogen (secondary N) is 2. The number of carbonyl (C=O) groups excluding carboxylic acids is 3. The minimum Gasteiger partial charge on any atom is -0.383 e. The number of amides is 3. The summed E-state index contributed by atoms with van der Waals surface area (Å²) < 4.78 is 0. The molecule has 0 fully saturated rings. The molecule has 0 bridgehead atoms. The van der Waals surface area contributed by atoms with Crippen LogP contribution in [0.2, 0.25) is 0 Å². The van der Waals surface area contributed by atoms with Gasteiger partial charge >= 0.3 is 0 Å². The van der Waals surface area contributed by atoms with Crippen LogP contribution in [0.5, 0.6) is 0 Å². The van der Waals surface area contributed by atoms with Crippen LogP contribution in [0.3, 0.4) is 0 Å². The molecular weight excluding hydrogens is 394 g/mol. The number of rotatable bonds is 4. The third kappa shape index (κ3) is 4.46. The van der Waals surface area contributed by atoms with Gasteiger partial charge < -0.3 is 10.4 Å². The highest BCUT2D eigenvalue weighted by Crippen LogP contribution is 2.39. The van der Waals surface area contributed by atoms with Crippen molar-refractivity contribution in [2.24, 2.45) is 5.41 Å². The molecule has 0 saturated heterocycles. The van der Waals surface area contributed by atoms with E-state index in [0.29, 0.717) is 5.69 Å². The summed E-state index contributed by atoms with van der Waals surface area (Å²) in [5.41, 5.74) is 5.20. The van der Waals surface area contributed by atoms with Crippen LogP contribution in [0, 0.1) is 5.41 Å². The van der Waals surface area contributed by atoms with Crippen molar-refractivity contribution >= 4 is 23.4 Å². The van der Waals surface area contributed by atoms with E-state index in [1.54, 1.807) is 39.8 Å². The second-order valence-electron chi connectivity index (χ2n) is 8.97. The van der Waals surface area contributed by atoms with Gasteiger partial charge in [0.05, 0.1) is 11.6 Å². The van der Waals surface area contributed by atoms with E-state index in [2.05, 4.69) is 10.7 Å². The Kier molecular flexibility index (Phi) is 6.18. The molecule has 1 unspecified atom stereocenters. The first-order valence-electron chi connectivity index (χ1n) is 10.3. The molecule has 0 aromatic heterocycles. The van der Waals surface area contributed by atoms with E-state index in [9.17, 15) is 19.5 Å². The van der Waals surface area contributed by atoms with E-state index in [1.807, 2.05) is 36.4 Å². The summed E-state index contributed by atoms with van der Waals surface area (Å²) >= 11 is 0. The summed E-state index contributed by atoms with van der Waals surface area (Å²) in [6.07, 6.45) is -1.27. The maximum absolute atomic E-state index is 13.3. The molecule has 3 rings (SSSR count). The monoisotopic (exact) mass is 423 g/mol. The fourth-order valence-corrected chi connectivity index (χ4v) is 3.54. The summed E-state index contributed by atoms with van der Waals surface area (Å²) in [6, 6.07) is 14.1. The van der Waals surface area contributed by atoms with Crippen LogP contribution in [0.25, 0.3) is 11.1 Å². The first kappa shape index (κ1) is 22.5. The molecule has 0 spiro atoms. The third-order valence-electron chi connectivity index (χ3n) is 5.50. The molecule has 7 heteroatoms. The molecule has 2 aromatic carbocycles. The topological polar surface area (TPSA) is 98.7 Å². The van der Waals surface area contributed by atoms with Crippen molar-refractivity contribution in [3.63, 3.8) is 0 Å². The van der Waals surface area contributed by atoms with Gasteiger partial charge in [0.15, 0.2) is 0 Å². The number of hydrogen-bond donors (Lipinski definition) is 3. The van der Waals surface area contributed by atoms with Crippen LogP contribution in [0.1, 0.15) is 46.1 Å². The molecular formula is C24H29N3O4. The first-order valence-corrected chi connectivity index (χ1v) is 10.3. The van der Waals surface area contributed by atoms with E-state index >= 15 is 0 Å². The molecule has 1 aliphatic rings. The maximum atomic E-state index is 13.3. The van der Waals surface area contributed by atoms with Crippen molar-refractivity contribution in [1.82, 2.24) is 10.7 Å². The lowest BCUT2D eigenvalue weighted by molar-refractivity contribution is -0.138. The van der Waals surface area contributed by atoms with Gasteiger partial charge in [-0.05, 0) is 36.5 Å². The zero-order valence-electron chi connectivity index (χ0n) is 18.5. The fourth-order valence-electron chi connectivity index (χ4n) is 3.54. The molecule has 0 aliphatic carbocycles. The predicted octanol–water partition coefficient (Wildman–Crippen LogP) is 2.75. The zero-order valence-corrected chi connectivity index (χ0v) is 18.5. The number of aliphatic hydroxyl groups is 1. The van der Waals surface area contributed by atoms with Crippen molar-refractivity contribution in [3.05, 3.63) is 54.1 Å². The minimum atomic E-state index is -1.27. The lowest BCUT2D eigenvalue weighted by Gasteiger charge is -2.28. The van der Waals surface area contributed by atoms with Gasteiger partial charge in [0, 0.05) is 5.56 Å². The molecule has 0 saturated carbocycles. The van der Waals surface area contributed by atoms with Gasteiger partial charge in [0.2, 0.25) is 5.91 Å². The Hall–Kier alpha value is -3.19. The number of nitrogens with zero attached hydrogens (tertiary/aromatic N) is 1.